The molecule has 2 aromatic rings. The van der Waals surface area contributed by atoms with Crippen LogP contribution in [0.4, 0.5) is 5.69 Å². The Bertz CT molecular complexity index is 617. The summed E-state index contributed by atoms with van der Waals surface area (Å²) >= 11 is 0. The normalized spacial score (nSPS) is 17.9. The Morgan fingerprint density at radius 3 is 3.00 bits per heavy atom. The molecular weight excluding hydrogens is 260 g/mol. The van der Waals surface area contributed by atoms with Gasteiger partial charge in [-0.3, -0.25) is 4.68 Å². The minimum absolute atomic E-state index is 0.632. The summed E-state index contributed by atoms with van der Waals surface area (Å²) in [6, 6.07) is 7.43. The molecule has 4 nitrogen and oxygen atoms in total. The van der Waals surface area contributed by atoms with Crippen LogP contribution in [-0.2, 0) is 13.0 Å². The summed E-state index contributed by atoms with van der Waals surface area (Å²) in [4.78, 5) is 2.39. The molecule has 0 amide bonds. The van der Waals surface area contributed by atoms with E-state index in [0.29, 0.717) is 6.04 Å². The van der Waals surface area contributed by atoms with Crippen molar-refractivity contribution in [2.45, 2.75) is 32.4 Å². The molecule has 4 heteroatoms. The van der Waals surface area contributed by atoms with Crippen LogP contribution in [0.15, 0.2) is 30.6 Å². The summed E-state index contributed by atoms with van der Waals surface area (Å²) in [5, 5.41) is 7.58. The SMILES string of the molecule is CNCCn1cc(-c2ccc3c(c2)CC[C@H](C)N3C)cn1. The third-order valence-electron chi connectivity index (χ3n) is 4.51. The van der Waals surface area contributed by atoms with Crippen molar-refractivity contribution in [3.05, 3.63) is 36.2 Å². The molecule has 0 saturated carbocycles. The number of anilines is 1. The van der Waals surface area contributed by atoms with Gasteiger partial charge in [0.15, 0.2) is 0 Å². The summed E-state index contributed by atoms with van der Waals surface area (Å²) in [5.41, 5.74) is 5.30. The van der Waals surface area contributed by atoms with Crippen molar-refractivity contribution >= 4 is 5.69 Å². The van der Waals surface area contributed by atoms with Gasteiger partial charge in [-0.15, -0.1) is 0 Å². The first-order valence-electron chi connectivity index (χ1n) is 7.72. The third kappa shape index (κ3) is 2.81. The lowest BCUT2D eigenvalue weighted by Gasteiger charge is -2.34. The van der Waals surface area contributed by atoms with Gasteiger partial charge in [-0.25, -0.2) is 0 Å². The first-order valence-corrected chi connectivity index (χ1v) is 7.72. The van der Waals surface area contributed by atoms with E-state index in [1.54, 1.807) is 0 Å². The largest absolute Gasteiger partial charge is 0.372 e. The Morgan fingerprint density at radius 1 is 1.33 bits per heavy atom. The van der Waals surface area contributed by atoms with Crippen molar-refractivity contribution in [2.75, 3.05) is 25.5 Å². The molecule has 0 saturated heterocycles. The predicted octanol–water partition coefficient (Wildman–Crippen LogP) is 2.54. The van der Waals surface area contributed by atoms with Crippen molar-refractivity contribution in [2.24, 2.45) is 0 Å². The standard InChI is InChI=1S/C17H24N4/c1-13-4-5-15-10-14(6-7-17(15)20(13)3)16-11-19-21(12-16)9-8-18-2/h6-7,10-13,18H,4-5,8-9H2,1-3H3/t13-/m0/s1. The zero-order valence-electron chi connectivity index (χ0n) is 13.1. The Hall–Kier alpha value is -1.81. The van der Waals surface area contributed by atoms with Crippen LogP contribution in [0.2, 0.25) is 0 Å². The minimum Gasteiger partial charge on any atom is -0.372 e. The first-order chi connectivity index (χ1) is 10.2. The average Bonchev–Trinajstić information content (AvgIpc) is 2.97. The van der Waals surface area contributed by atoms with Crippen molar-refractivity contribution < 1.29 is 0 Å². The van der Waals surface area contributed by atoms with Gasteiger partial charge in [0.05, 0.1) is 12.7 Å². The van der Waals surface area contributed by atoms with Crippen LogP contribution in [-0.4, -0.2) is 36.5 Å². The van der Waals surface area contributed by atoms with Crippen molar-refractivity contribution in [1.82, 2.24) is 15.1 Å². The van der Waals surface area contributed by atoms with Crippen molar-refractivity contribution in [3.8, 4) is 11.1 Å². The van der Waals surface area contributed by atoms with Gasteiger partial charge in [-0.2, -0.15) is 5.10 Å². The highest BCUT2D eigenvalue weighted by molar-refractivity contribution is 5.69. The number of aromatic nitrogens is 2. The Labute approximate surface area is 126 Å². The van der Waals surface area contributed by atoms with Gasteiger partial charge in [0, 0.05) is 37.1 Å². The molecule has 0 radical (unpaired) electrons. The second-order valence-electron chi connectivity index (χ2n) is 5.94. The van der Waals surface area contributed by atoms with Crippen molar-refractivity contribution in [1.29, 1.82) is 0 Å². The molecule has 3 rings (SSSR count). The molecule has 0 fully saturated rings. The maximum Gasteiger partial charge on any atom is 0.0568 e. The van der Waals surface area contributed by atoms with E-state index < -0.39 is 0 Å². The maximum absolute atomic E-state index is 4.44. The molecular formula is C17H24N4. The van der Waals surface area contributed by atoms with Gasteiger partial charge >= 0.3 is 0 Å². The van der Waals surface area contributed by atoms with Gasteiger partial charge < -0.3 is 10.2 Å². The fraction of sp³-hybridized carbons (Fsp3) is 0.471. The molecule has 21 heavy (non-hydrogen) atoms. The van der Waals surface area contributed by atoms with Crippen LogP contribution in [0.3, 0.4) is 0 Å². The molecule has 1 aliphatic heterocycles. The summed E-state index contributed by atoms with van der Waals surface area (Å²) in [6.45, 7) is 4.14. The number of nitrogens with zero attached hydrogens (tertiary/aromatic N) is 3. The van der Waals surface area contributed by atoms with Gasteiger partial charge in [0.25, 0.3) is 0 Å². The van der Waals surface area contributed by atoms with Gasteiger partial charge in [0.1, 0.15) is 0 Å². The Kier molecular flexibility index (Phi) is 3.97. The quantitative estimate of drug-likeness (QED) is 0.936. The number of benzene rings is 1. The number of rotatable bonds is 4. The lowest BCUT2D eigenvalue weighted by Crippen LogP contribution is -2.33. The third-order valence-corrected chi connectivity index (χ3v) is 4.51. The second-order valence-corrected chi connectivity index (χ2v) is 5.94. The molecule has 2 heterocycles. The number of fused-ring (bicyclic) bond motifs is 1. The minimum atomic E-state index is 0.632. The molecule has 112 valence electrons. The summed E-state index contributed by atoms with van der Waals surface area (Å²) in [7, 11) is 4.16. The van der Waals surface area contributed by atoms with Crippen LogP contribution >= 0.6 is 0 Å². The van der Waals surface area contributed by atoms with Gasteiger partial charge in [0.2, 0.25) is 0 Å². The lowest BCUT2D eigenvalue weighted by molar-refractivity contribution is 0.585. The highest BCUT2D eigenvalue weighted by Crippen LogP contribution is 2.32. The topological polar surface area (TPSA) is 33.1 Å². The van der Waals surface area contributed by atoms with Crippen LogP contribution in [0, 0.1) is 0 Å². The Balaban J connectivity index is 1.85. The second kappa shape index (κ2) is 5.90. The van der Waals surface area contributed by atoms with E-state index in [9.17, 15) is 0 Å². The van der Waals surface area contributed by atoms with Gasteiger partial charge in [-0.05, 0) is 50.1 Å². The maximum atomic E-state index is 4.44. The zero-order chi connectivity index (χ0) is 14.8. The lowest BCUT2D eigenvalue weighted by atomic mass is 9.94. The molecule has 1 atom stereocenters. The van der Waals surface area contributed by atoms with E-state index in [0.717, 1.165) is 13.1 Å². The summed E-state index contributed by atoms with van der Waals surface area (Å²) in [5.74, 6) is 0. The van der Waals surface area contributed by atoms with E-state index in [2.05, 4.69) is 53.7 Å². The number of hydrogen-bond donors (Lipinski definition) is 1. The molecule has 0 bridgehead atoms. The molecule has 1 aromatic carbocycles. The average molecular weight is 284 g/mol. The van der Waals surface area contributed by atoms with Crippen LogP contribution in [0.25, 0.3) is 11.1 Å². The van der Waals surface area contributed by atoms with E-state index in [4.69, 9.17) is 0 Å². The number of likely N-dealkylation sites (N-methyl/N-ethyl adjacent to an activating group) is 1. The molecule has 1 N–H and O–H groups in total. The Morgan fingerprint density at radius 2 is 2.19 bits per heavy atom. The number of hydrogen-bond acceptors (Lipinski definition) is 3. The molecule has 1 aromatic heterocycles. The molecule has 0 spiro atoms. The molecule has 0 unspecified atom stereocenters. The van der Waals surface area contributed by atoms with Gasteiger partial charge in [-0.1, -0.05) is 6.07 Å². The van der Waals surface area contributed by atoms with Crippen molar-refractivity contribution in [3.63, 3.8) is 0 Å². The molecule has 1 aliphatic rings. The number of aryl methyl sites for hydroxylation is 1. The fourth-order valence-electron chi connectivity index (χ4n) is 2.97. The van der Waals surface area contributed by atoms with E-state index >= 15 is 0 Å². The zero-order valence-corrected chi connectivity index (χ0v) is 13.1. The van der Waals surface area contributed by atoms with E-state index in [-0.39, 0.29) is 0 Å². The van der Waals surface area contributed by atoms with Crippen LogP contribution in [0.1, 0.15) is 18.9 Å². The predicted molar refractivity (Wildman–Crippen MR) is 87.8 cm³/mol. The summed E-state index contributed by atoms with van der Waals surface area (Å²) < 4.78 is 2.00. The van der Waals surface area contributed by atoms with Crippen LogP contribution < -0.4 is 10.2 Å². The van der Waals surface area contributed by atoms with Crippen LogP contribution in [0.5, 0.6) is 0 Å². The van der Waals surface area contributed by atoms with E-state index in [1.165, 1.54) is 35.2 Å². The fourth-order valence-corrected chi connectivity index (χ4v) is 2.97. The number of nitrogens with one attached hydrogen (secondary N) is 1. The highest BCUT2D eigenvalue weighted by Gasteiger charge is 2.20. The first kappa shape index (κ1) is 14.1. The monoisotopic (exact) mass is 284 g/mol. The van der Waals surface area contributed by atoms with E-state index in [1.807, 2.05) is 17.9 Å². The smallest absolute Gasteiger partial charge is 0.0568 e. The molecule has 0 aliphatic carbocycles. The highest BCUT2D eigenvalue weighted by atomic mass is 15.3. The summed E-state index contributed by atoms with van der Waals surface area (Å²) in [6.07, 6.45) is 6.50.